The SMILES string of the molecule is CC(O)CNCC(O)c1ccc(OC(C)C)cc1. The summed E-state index contributed by atoms with van der Waals surface area (Å²) in [7, 11) is 0. The molecule has 2 atom stereocenters. The molecule has 0 fully saturated rings. The smallest absolute Gasteiger partial charge is 0.119 e. The standard InChI is InChI=1S/C14H23NO3/c1-10(2)18-13-6-4-12(5-7-13)14(17)9-15-8-11(3)16/h4-7,10-11,14-17H,8-9H2,1-3H3. The number of nitrogens with one attached hydrogen (secondary N) is 1. The van der Waals surface area contributed by atoms with E-state index in [9.17, 15) is 5.11 Å². The highest BCUT2D eigenvalue weighted by molar-refractivity contribution is 5.28. The maximum atomic E-state index is 9.92. The van der Waals surface area contributed by atoms with E-state index in [2.05, 4.69) is 5.32 Å². The van der Waals surface area contributed by atoms with Gasteiger partial charge in [0, 0.05) is 13.1 Å². The largest absolute Gasteiger partial charge is 0.491 e. The number of hydrogen-bond donors (Lipinski definition) is 3. The van der Waals surface area contributed by atoms with Gasteiger partial charge in [0.05, 0.1) is 18.3 Å². The summed E-state index contributed by atoms with van der Waals surface area (Å²) >= 11 is 0. The molecule has 18 heavy (non-hydrogen) atoms. The second-order valence-electron chi connectivity index (χ2n) is 4.76. The Kier molecular flexibility index (Phi) is 6.12. The molecule has 1 aromatic rings. The van der Waals surface area contributed by atoms with E-state index < -0.39 is 12.2 Å². The Bertz CT molecular complexity index is 335. The molecule has 0 saturated carbocycles. The fourth-order valence-corrected chi connectivity index (χ4v) is 1.59. The molecule has 1 rings (SSSR count). The van der Waals surface area contributed by atoms with Gasteiger partial charge in [0.25, 0.3) is 0 Å². The Morgan fingerprint density at radius 3 is 2.17 bits per heavy atom. The lowest BCUT2D eigenvalue weighted by molar-refractivity contribution is 0.154. The lowest BCUT2D eigenvalue weighted by Gasteiger charge is -2.14. The lowest BCUT2D eigenvalue weighted by atomic mass is 10.1. The fourth-order valence-electron chi connectivity index (χ4n) is 1.59. The van der Waals surface area contributed by atoms with Crippen molar-refractivity contribution >= 4 is 0 Å². The van der Waals surface area contributed by atoms with Gasteiger partial charge in [-0.1, -0.05) is 12.1 Å². The van der Waals surface area contributed by atoms with Crippen LogP contribution in [-0.2, 0) is 0 Å². The van der Waals surface area contributed by atoms with E-state index in [1.807, 2.05) is 38.1 Å². The molecule has 102 valence electrons. The number of benzene rings is 1. The zero-order valence-electron chi connectivity index (χ0n) is 11.3. The van der Waals surface area contributed by atoms with Crippen molar-refractivity contribution in [3.63, 3.8) is 0 Å². The van der Waals surface area contributed by atoms with Crippen molar-refractivity contribution in [2.75, 3.05) is 13.1 Å². The third-order valence-electron chi connectivity index (χ3n) is 2.41. The van der Waals surface area contributed by atoms with E-state index in [1.54, 1.807) is 6.92 Å². The summed E-state index contributed by atoms with van der Waals surface area (Å²) in [5.41, 5.74) is 0.837. The van der Waals surface area contributed by atoms with Crippen LogP contribution in [-0.4, -0.2) is 35.5 Å². The third kappa shape index (κ3) is 5.49. The van der Waals surface area contributed by atoms with Gasteiger partial charge in [-0.2, -0.15) is 0 Å². The van der Waals surface area contributed by atoms with Crippen LogP contribution in [0.5, 0.6) is 5.75 Å². The molecule has 0 aliphatic rings. The van der Waals surface area contributed by atoms with Gasteiger partial charge in [-0.25, -0.2) is 0 Å². The molecule has 4 heteroatoms. The van der Waals surface area contributed by atoms with Gasteiger partial charge in [-0.3, -0.25) is 0 Å². The van der Waals surface area contributed by atoms with Gasteiger partial charge in [0.15, 0.2) is 0 Å². The van der Waals surface area contributed by atoms with Crippen LogP contribution in [0.15, 0.2) is 24.3 Å². The Morgan fingerprint density at radius 1 is 1.06 bits per heavy atom. The minimum absolute atomic E-state index is 0.147. The summed E-state index contributed by atoms with van der Waals surface area (Å²) < 4.78 is 5.53. The fraction of sp³-hybridized carbons (Fsp3) is 0.571. The zero-order valence-corrected chi connectivity index (χ0v) is 11.3. The van der Waals surface area contributed by atoms with Crippen LogP contribution in [0.4, 0.5) is 0 Å². The first-order valence-corrected chi connectivity index (χ1v) is 6.32. The number of ether oxygens (including phenoxy) is 1. The molecule has 2 unspecified atom stereocenters. The zero-order chi connectivity index (χ0) is 13.5. The second-order valence-corrected chi connectivity index (χ2v) is 4.76. The molecular weight excluding hydrogens is 230 g/mol. The van der Waals surface area contributed by atoms with Crippen LogP contribution in [0.25, 0.3) is 0 Å². The minimum Gasteiger partial charge on any atom is -0.491 e. The van der Waals surface area contributed by atoms with E-state index in [0.717, 1.165) is 11.3 Å². The topological polar surface area (TPSA) is 61.7 Å². The van der Waals surface area contributed by atoms with Crippen LogP contribution >= 0.6 is 0 Å². The number of hydrogen-bond acceptors (Lipinski definition) is 4. The molecule has 0 radical (unpaired) electrons. The van der Waals surface area contributed by atoms with Crippen LogP contribution < -0.4 is 10.1 Å². The van der Waals surface area contributed by atoms with Crippen molar-refractivity contribution in [2.45, 2.75) is 39.1 Å². The van der Waals surface area contributed by atoms with E-state index in [4.69, 9.17) is 9.84 Å². The number of rotatable bonds is 7. The first-order chi connectivity index (χ1) is 8.49. The molecule has 0 bridgehead atoms. The van der Waals surface area contributed by atoms with Gasteiger partial charge in [-0.15, -0.1) is 0 Å². The molecule has 0 aliphatic heterocycles. The summed E-state index contributed by atoms with van der Waals surface area (Å²) in [6.45, 7) is 6.56. The van der Waals surface area contributed by atoms with E-state index in [0.29, 0.717) is 13.1 Å². The highest BCUT2D eigenvalue weighted by atomic mass is 16.5. The minimum atomic E-state index is -0.572. The van der Waals surface area contributed by atoms with Gasteiger partial charge in [0.1, 0.15) is 5.75 Å². The van der Waals surface area contributed by atoms with E-state index in [1.165, 1.54) is 0 Å². The average Bonchev–Trinajstić information content (AvgIpc) is 2.28. The van der Waals surface area contributed by atoms with Gasteiger partial charge in [0.2, 0.25) is 0 Å². The molecule has 0 aliphatic carbocycles. The summed E-state index contributed by atoms with van der Waals surface area (Å²) in [5, 5.41) is 22.0. The Labute approximate surface area is 109 Å². The number of aliphatic hydroxyl groups is 2. The van der Waals surface area contributed by atoms with Crippen LogP contribution in [0, 0.1) is 0 Å². The molecule has 0 amide bonds. The second kappa shape index (κ2) is 7.36. The summed E-state index contributed by atoms with van der Waals surface area (Å²) in [5.74, 6) is 0.804. The van der Waals surface area contributed by atoms with Crippen molar-refractivity contribution in [1.82, 2.24) is 5.32 Å². The summed E-state index contributed by atoms with van der Waals surface area (Å²) in [4.78, 5) is 0. The van der Waals surface area contributed by atoms with Crippen molar-refractivity contribution in [3.8, 4) is 5.75 Å². The first kappa shape index (κ1) is 15.0. The predicted octanol–water partition coefficient (Wildman–Crippen LogP) is 1.48. The van der Waals surface area contributed by atoms with Gasteiger partial charge < -0.3 is 20.3 Å². The number of aliphatic hydroxyl groups excluding tert-OH is 2. The predicted molar refractivity (Wildman–Crippen MR) is 71.7 cm³/mol. The molecule has 0 heterocycles. The normalized spacial score (nSPS) is 14.6. The molecule has 1 aromatic carbocycles. The maximum absolute atomic E-state index is 9.92. The van der Waals surface area contributed by atoms with E-state index >= 15 is 0 Å². The highest BCUT2D eigenvalue weighted by Crippen LogP contribution is 2.18. The highest BCUT2D eigenvalue weighted by Gasteiger charge is 2.08. The van der Waals surface area contributed by atoms with Crippen molar-refractivity contribution in [1.29, 1.82) is 0 Å². The van der Waals surface area contributed by atoms with E-state index in [-0.39, 0.29) is 6.10 Å². The van der Waals surface area contributed by atoms with Crippen molar-refractivity contribution in [3.05, 3.63) is 29.8 Å². The third-order valence-corrected chi connectivity index (χ3v) is 2.41. The van der Waals surface area contributed by atoms with Crippen molar-refractivity contribution in [2.24, 2.45) is 0 Å². The summed E-state index contributed by atoms with van der Waals surface area (Å²) in [6.07, 6.45) is -0.829. The molecule has 3 N–H and O–H groups in total. The molecule has 4 nitrogen and oxygen atoms in total. The quantitative estimate of drug-likeness (QED) is 0.689. The van der Waals surface area contributed by atoms with Crippen LogP contribution in [0.2, 0.25) is 0 Å². The van der Waals surface area contributed by atoms with Gasteiger partial charge in [-0.05, 0) is 38.5 Å². The molecule has 0 aromatic heterocycles. The van der Waals surface area contributed by atoms with Crippen LogP contribution in [0.1, 0.15) is 32.4 Å². The molecular formula is C14H23NO3. The Balaban J connectivity index is 2.46. The summed E-state index contributed by atoms with van der Waals surface area (Å²) in [6, 6.07) is 7.42. The Morgan fingerprint density at radius 2 is 1.67 bits per heavy atom. The average molecular weight is 253 g/mol. The molecule has 0 saturated heterocycles. The van der Waals surface area contributed by atoms with Crippen molar-refractivity contribution < 1.29 is 14.9 Å². The van der Waals surface area contributed by atoms with Crippen LogP contribution in [0.3, 0.4) is 0 Å². The van der Waals surface area contributed by atoms with Gasteiger partial charge >= 0.3 is 0 Å². The molecule has 0 spiro atoms. The monoisotopic (exact) mass is 253 g/mol. The lowest BCUT2D eigenvalue weighted by Crippen LogP contribution is -2.28. The maximum Gasteiger partial charge on any atom is 0.119 e. The first-order valence-electron chi connectivity index (χ1n) is 6.32. The Hall–Kier alpha value is -1.10.